The zero-order valence-electron chi connectivity index (χ0n) is 17.8. The first kappa shape index (κ1) is 27.2. The number of nitrogens with zero attached hydrogens (tertiary/aromatic N) is 3. The highest BCUT2D eigenvalue weighted by Crippen LogP contribution is 2.29. The molecule has 170 valence electrons. The van der Waals surface area contributed by atoms with Gasteiger partial charge in [0, 0.05) is 31.6 Å². The van der Waals surface area contributed by atoms with Gasteiger partial charge in [-0.05, 0) is 32.0 Å². The van der Waals surface area contributed by atoms with Crippen molar-refractivity contribution >= 4 is 41.3 Å². The van der Waals surface area contributed by atoms with E-state index in [4.69, 9.17) is 4.74 Å². The fraction of sp³-hybridized carbons (Fsp3) is 0.429. The summed E-state index contributed by atoms with van der Waals surface area (Å²) in [7, 11) is 3.54. The summed E-state index contributed by atoms with van der Waals surface area (Å²) in [5.74, 6) is 6.19. The average Bonchev–Trinajstić information content (AvgIpc) is 3.17. The van der Waals surface area contributed by atoms with Crippen LogP contribution in [0.1, 0.15) is 41.8 Å². The summed E-state index contributed by atoms with van der Waals surface area (Å²) < 4.78 is 43.6. The number of rotatable bonds is 6. The summed E-state index contributed by atoms with van der Waals surface area (Å²) in [5.41, 5.74) is 0.499. The molecule has 0 bridgehead atoms. The lowest BCUT2D eigenvalue weighted by atomic mass is 10.1. The highest BCUT2D eigenvalue weighted by atomic mass is 127. The Kier molecular flexibility index (Phi) is 11.3. The minimum Gasteiger partial charge on any atom is -0.375 e. The van der Waals surface area contributed by atoms with Gasteiger partial charge in [-0.25, -0.2) is 9.98 Å². The van der Waals surface area contributed by atoms with Crippen LogP contribution in [0.15, 0.2) is 34.6 Å². The first-order valence-corrected chi connectivity index (χ1v) is 10.2. The van der Waals surface area contributed by atoms with E-state index in [1.54, 1.807) is 24.5 Å². The topological polar surface area (TPSA) is 49.8 Å². The van der Waals surface area contributed by atoms with Crippen molar-refractivity contribution in [1.29, 1.82) is 0 Å². The molecule has 2 rings (SSSR count). The minimum atomic E-state index is -4.38. The number of ether oxygens (including phenoxy) is 1. The number of thiazole rings is 1. The number of benzene rings is 1. The van der Waals surface area contributed by atoms with Crippen LogP contribution in [-0.2, 0) is 17.5 Å². The second-order valence-electron chi connectivity index (χ2n) is 6.46. The van der Waals surface area contributed by atoms with Crippen molar-refractivity contribution in [1.82, 2.24) is 15.2 Å². The summed E-state index contributed by atoms with van der Waals surface area (Å²) >= 11 is 1.55. The average molecular weight is 566 g/mol. The van der Waals surface area contributed by atoms with E-state index in [2.05, 4.69) is 27.1 Å². The number of halogens is 4. The van der Waals surface area contributed by atoms with Crippen molar-refractivity contribution in [3.8, 4) is 11.8 Å². The van der Waals surface area contributed by atoms with Crippen molar-refractivity contribution in [3.05, 3.63) is 51.5 Å². The van der Waals surface area contributed by atoms with Gasteiger partial charge in [0.05, 0.1) is 17.8 Å². The molecule has 0 radical (unpaired) electrons. The number of alkyl halides is 3. The first-order valence-electron chi connectivity index (χ1n) is 9.37. The Morgan fingerprint density at radius 3 is 2.77 bits per heavy atom. The minimum absolute atomic E-state index is 0. The fourth-order valence-corrected chi connectivity index (χ4v) is 3.34. The number of guanidine groups is 1. The Hall–Kier alpha value is -1.84. The van der Waals surface area contributed by atoms with E-state index >= 15 is 0 Å². The van der Waals surface area contributed by atoms with Gasteiger partial charge in [-0.2, -0.15) is 13.2 Å². The van der Waals surface area contributed by atoms with Crippen molar-refractivity contribution in [2.75, 3.05) is 27.2 Å². The van der Waals surface area contributed by atoms with E-state index in [0.29, 0.717) is 24.6 Å². The SMILES string of the molecule is CCNC(=NCC#Cc1cccc(C(F)(F)F)c1)N(C)Cc1csc(C(C)OC)n1.I. The van der Waals surface area contributed by atoms with Crippen LogP contribution in [0.3, 0.4) is 0 Å². The van der Waals surface area contributed by atoms with E-state index < -0.39 is 11.7 Å². The molecule has 2 aromatic rings. The Morgan fingerprint density at radius 1 is 1.39 bits per heavy atom. The molecule has 1 N–H and O–H groups in total. The van der Waals surface area contributed by atoms with Crippen LogP contribution < -0.4 is 5.32 Å². The molecule has 0 aliphatic rings. The monoisotopic (exact) mass is 566 g/mol. The van der Waals surface area contributed by atoms with E-state index in [-0.39, 0.29) is 36.6 Å². The predicted octanol–water partition coefficient (Wildman–Crippen LogP) is 4.94. The van der Waals surface area contributed by atoms with Crippen molar-refractivity contribution in [2.24, 2.45) is 4.99 Å². The number of methoxy groups -OCH3 is 1. The van der Waals surface area contributed by atoms with Gasteiger partial charge in [-0.1, -0.05) is 17.9 Å². The molecule has 0 saturated heterocycles. The normalized spacial score (nSPS) is 12.4. The largest absolute Gasteiger partial charge is 0.416 e. The molecule has 0 aliphatic carbocycles. The highest BCUT2D eigenvalue weighted by molar-refractivity contribution is 14.0. The second-order valence-corrected chi connectivity index (χ2v) is 7.35. The van der Waals surface area contributed by atoms with Gasteiger partial charge in [0.25, 0.3) is 0 Å². The van der Waals surface area contributed by atoms with Crippen LogP contribution in [0.5, 0.6) is 0 Å². The van der Waals surface area contributed by atoms with Crippen LogP contribution in [0.4, 0.5) is 13.2 Å². The molecule has 0 amide bonds. The summed E-state index contributed by atoms with van der Waals surface area (Å²) in [6, 6.07) is 4.96. The number of aliphatic imine (C=N–C) groups is 1. The van der Waals surface area contributed by atoms with Gasteiger partial charge in [0.2, 0.25) is 0 Å². The highest BCUT2D eigenvalue weighted by Gasteiger charge is 2.30. The van der Waals surface area contributed by atoms with Crippen molar-refractivity contribution < 1.29 is 17.9 Å². The molecule has 1 aromatic heterocycles. The number of nitrogens with one attached hydrogen (secondary N) is 1. The third kappa shape index (κ3) is 8.66. The molecule has 31 heavy (non-hydrogen) atoms. The number of hydrogen-bond donors (Lipinski definition) is 1. The molecule has 10 heteroatoms. The molecule has 1 aromatic carbocycles. The molecule has 0 saturated carbocycles. The molecule has 5 nitrogen and oxygen atoms in total. The zero-order valence-corrected chi connectivity index (χ0v) is 20.9. The number of aromatic nitrogens is 1. The van der Waals surface area contributed by atoms with Gasteiger partial charge in [-0.3, -0.25) is 0 Å². The van der Waals surface area contributed by atoms with E-state index in [9.17, 15) is 13.2 Å². The summed E-state index contributed by atoms with van der Waals surface area (Å²) in [4.78, 5) is 10.9. The molecule has 1 unspecified atom stereocenters. The van der Waals surface area contributed by atoms with Crippen LogP contribution in [0.2, 0.25) is 0 Å². The van der Waals surface area contributed by atoms with Gasteiger partial charge in [0.15, 0.2) is 5.96 Å². The molecule has 1 heterocycles. The Bertz CT molecular complexity index is 921. The molecular formula is C21H26F3IN4OS. The van der Waals surface area contributed by atoms with Crippen molar-refractivity contribution in [3.63, 3.8) is 0 Å². The van der Waals surface area contributed by atoms with E-state index in [0.717, 1.165) is 22.8 Å². The molecule has 1 atom stereocenters. The summed E-state index contributed by atoms with van der Waals surface area (Å²) in [5, 5.41) is 6.08. The van der Waals surface area contributed by atoms with Gasteiger partial charge >= 0.3 is 6.18 Å². The summed E-state index contributed by atoms with van der Waals surface area (Å²) in [6.45, 7) is 5.29. The van der Waals surface area contributed by atoms with Crippen LogP contribution >= 0.6 is 35.3 Å². The Labute approximate surface area is 202 Å². The maximum atomic E-state index is 12.8. The maximum absolute atomic E-state index is 12.8. The van der Waals surface area contributed by atoms with E-state index in [1.807, 2.05) is 31.2 Å². The molecule has 0 spiro atoms. The van der Waals surface area contributed by atoms with Gasteiger partial charge in [0.1, 0.15) is 17.7 Å². The molecular weight excluding hydrogens is 540 g/mol. The smallest absolute Gasteiger partial charge is 0.375 e. The lowest BCUT2D eigenvalue weighted by molar-refractivity contribution is -0.137. The summed E-state index contributed by atoms with van der Waals surface area (Å²) in [6.07, 6.45) is -4.44. The maximum Gasteiger partial charge on any atom is 0.416 e. The molecule has 0 fully saturated rings. The Balaban J connectivity index is 0.00000480. The second kappa shape index (κ2) is 12.9. The fourth-order valence-electron chi connectivity index (χ4n) is 2.50. The number of hydrogen-bond acceptors (Lipinski definition) is 4. The van der Waals surface area contributed by atoms with Crippen molar-refractivity contribution in [2.45, 2.75) is 32.7 Å². The lowest BCUT2D eigenvalue weighted by Crippen LogP contribution is -2.38. The van der Waals surface area contributed by atoms with Crippen LogP contribution in [-0.4, -0.2) is 43.1 Å². The van der Waals surface area contributed by atoms with Crippen LogP contribution in [0, 0.1) is 11.8 Å². The molecule has 0 aliphatic heterocycles. The zero-order chi connectivity index (χ0) is 22.1. The third-order valence-corrected chi connectivity index (χ3v) is 5.15. The third-order valence-electron chi connectivity index (χ3n) is 4.10. The Morgan fingerprint density at radius 2 is 2.13 bits per heavy atom. The van der Waals surface area contributed by atoms with Gasteiger partial charge < -0.3 is 15.0 Å². The standard InChI is InChI=1S/C21H25F3N4OS.HI/c1-5-25-20(28(3)13-18-14-30-19(27-18)15(2)29-4)26-11-7-9-16-8-6-10-17(12-16)21(22,23)24;/h6,8,10,12,14-15H,5,11,13H2,1-4H3,(H,25,26);1H. The quantitative estimate of drug-likeness (QED) is 0.233. The predicted molar refractivity (Wildman–Crippen MR) is 129 cm³/mol. The van der Waals surface area contributed by atoms with Gasteiger partial charge in [-0.15, -0.1) is 35.3 Å². The van der Waals surface area contributed by atoms with E-state index in [1.165, 1.54) is 6.07 Å². The van der Waals surface area contributed by atoms with Crippen LogP contribution in [0.25, 0.3) is 0 Å². The lowest BCUT2D eigenvalue weighted by Gasteiger charge is -2.20. The first-order chi connectivity index (χ1) is 14.2.